The summed E-state index contributed by atoms with van der Waals surface area (Å²) in [5, 5.41) is 0. The van der Waals surface area contributed by atoms with E-state index >= 15 is 0 Å². The van der Waals surface area contributed by atoms with Crippen LogP contribution in [0.1, 0.15) is 44.1 Å². The van der Waals surface area contributed by atoms with Crippen LogP contribution in [0.15, 0.2) is 24.3 Å². The van der Waals surface area contributed by atoms with Crippen molar-refractivity contribution in [1.29, 1.82) is 0 Å². The Bertz CT molecular complexity index is 454. The van der Waals surface area contributed by atoms with Gasteiger partial charge in [0.1, 0.15) is 0 Å². The summed E-state index contributed by atoms with van der Waals surface area (Å²) in [4.78, 5) is 2.48. The number of hydrogen-bond donors (Lipinski definition) is 1. The Labute approximate surface area is 122 Å². The van der Waals surface area contributed by atoms with E-state index in [0.717, 1.165) is 25.3 Å². The van der Waals surface area contributed by atoms with Crippen LogP contribution < -0.4 is 5.73 Å². The molecule has 1 heterocycles. The smallest absolute Gasteiger partial charge is 0.0697 e. The second-order valence-corrected chi connectivity index (χ2v) is 6.55. The fourth-order valence-electron chi connectivity index (χ4n) is 3.85. The van der Waals surface area contributed by atoms with E-state index < -0.39 is 0 Å². The molecule has 2 N–H and O–H groups in total. The maximum atomic E-state index is 6.13. The third-order valence-electron chi connectivity index (χ3n) is 4.99. The number of anilines is 1. The minimum Gasteiger partial charge on any atom is -0.399 e. The van der Waals surface area contributed by atoms with E-state index in [-0.39, 0.29) is 5.60 Å². The van der Waals surface area contributed by atoms with Gasteiger partial charge in [0.25, 0.3) is 0 Å². The van der Waals surface area contributed by atoms with Crippen LogP contribution in [0, 0.1) is 0 Å². The van der Waals surface area contributed by atoms with Gasteiger partial charge in [0.15, 0.2) is 0 Å². The van der Waals surface area contributed by atoms with E-state index in [0.29, 0.717) is 6.04 Å². The van der Waals surface area contributed by atoms with Crippen molar-refractivity contribution in [2.24, 2.45) is 0 Å². The third kappa shape index (κ3) is 2.99. The molecule has 2 fully saturated rings. The molecule has 1 unspecified atom stereocenters. The molecule has 0 amide bonds. The van der Waals surface area contributed by atoms with E-state index in [9.17, 15) is 0 Å². The van der Waals surface area contributed by atoms with Crippen LogP contribution in [-0.2, 0) is 11.3 Å². The molecule has 1 aliphatic carbocycles. The molecule has 1 aromatic rings. The molecule has 1 spiro atoms. The SMILES string of the molecule is CN(Cc1cccc(N)c1)C1CCOC2(CCCC2)C1. The molecule has 3 rings (SSSR count). The lowest BCUT2D eigenvalue weighted by atomic mass is 9.88. The van der Waals surface area contributed by atoms with Gasteiger partial charge in [0.05, 0.1) is 5.60 Å². The van der Waals surface area contributed by atoms with Crippen molar-refractivity contribution in [3.05, 3.63) is 29.8 Å². The second kappa shape index (κ2) is 5.74. The van der Waals surface area contributed by atoms with E-state index in [1.165, 1.54) is 37.7 Å². The Morgan fingerprint density at radius 1 is 1.35 bits per heavy atom. The van der Waals surface area contributed by atoms with Gasteiger partial charge in [-0.3, -0.25) is 4.90 Å². The minimum absolute atomic E-state index is 0.201. The number of nitrogens with two attached hydrogens (primary N) is 1. The Hall–Kier alpha value is -1.06. The quantitative estimate of drug-likeness (QED) is 0.860. The molecule has 1 atom stereocenters. The van der Waals surface area contributed by atoms with Gasteiger partial charge in [0, 0.05) is 24.9 Å². The van der Waals surface area contributed by atoms with Gasteiger partial charge in [-0.2, -0.15) is 0 Å². The van der Waals surface area contributed by atoms with Crippen LogP contribution in [0.4, 0.5) is 5.69 Å². The number of benzene rings is 1. The topological polar surface area (TPSA) is 38.5 Å². The largest absolute Gasteiger partial charge is 0.399 e. The Morgan fingerprint density at radius 2 is 2.15 bits per heavy atom. The van der Waals surface area contributed by atoms with Gasteiger partial charge < -0.3 is 10.5 Å². The number of nitrogens with zero attached hydrogens (tertiary/aromatic N) is 1. The van der Waals surface area contributed by atoms with Crippen molar-refractivity contribution in [2.75, 3.05) is 19.4 Å². The highest BCUT2D eigenvalue weighted by molar-refractivity contribution is 5.40. The molecule has 3 heteroatoms. The normalized spacial score (nSPS) is 25.4. The van der Waals surface area contributed by atoms with E-state index in [2.05, 4.69) is 24.1 Å². The molecule has 1 aromatic carbocycles. The predicted octanol–water partition coefficient (Wildman–Crippen LogP) is 3.19. The summed E-state index contributed by atoms with van der Waals surface area (Å²) in [7, 11) is 2.24. The first-order chi connectivity index (χ1) is 9.67. The standard InChI is InChI=1S/C17H26N2O/c1-19(13-14-5-4-6-15(18)11-14)16-7-10-20-17(12-16)8-2-3-9-17/h4-6,11,16H,2-3,7-10,12-13,18H2,1H3. The molecular formula is C17H26N2O. The zero-order valence-corrected chi connectivity index (χ0v) is 12.5. The first kappa shape index (κ1) is 13.9. The fraction of sp³-hybridized carbons (Fsp3) is 0.647. The summed E-state index contributed by atoms with van der Waals surface area (Å²) in [6, 6.07) is 8.88. The van der Waals surface area contributed by atoms with Crippen LogP contribution in [0.25, 0.3) is 0 Å². The maximum Gasteiger partial charge on any atom is 0.0697 e. The molecular weight excluding hydrogens is 248 g/mol. The van der Waals surface area contributed by atoms with E-state index in [1.54, 1.807) is 0 Å². The zero-order chi connectivity index (χ0) is 14.0. The Morgan fingerprint density at radius 3 is 2.90 bits per heavy atom. The lowest BCUT2D eigenvalue weighted by molar-refractivity contribution is -0.0997. The third-order valence-corrected chi connectivity index (χ3v) is 4.99. The van der Waals surface area contributed by atoms with Crippen LogP contribution in [0.2, 0.25) is 0 Å². The second-order valence-electron chi connectivity index (χ2n) is 6.55. The summed E-state index contributed by atoms with van der Waals surface area (Å²) in [5.74, 6) is 0. The fourth-order valence-corrected chi connectivity index (χ4v) is 3.85. The van der Waals surface area contributed by atoms with Crippen molar-refractivity contribution in [3.8, 4) is 0 Å². The summed E-state index contributed by atoms with van der Waals surface area (Å²) >= 11 is 0. The lowest BCUT2D eigenvalue weighted by Gasteiger charge is -2.42. The Balaban J connectivity index is 1.63. The van der Waals surface area contributed by atoms with Crippen LogP contribution in [0.3, 0.4) is 0 Å². The van der Waals surface area contributed by atoms with E-state index in [1.807, 2.05) is 12.1 Å². The summed E-state index contributed by atoms with van der Waals surface area (Å²) in [5.41, 5.74) is 8.23. The average molecular weight is 274 g/mol. The molecule has 3 nitrogen and oxygen atoms in total. The van der Waals surface area contributed by atoms with Gasteiger partial charge in [-0.25, -0.2) is 0 Å². The Kier molecular flexibility index (Phi) is 3.99. The molecule has 110 valence electrons. The molecule has 0 radical (unpaired) electrons. The van der Waals surface area contributed by atoms with E-state index in [4.69, 9.17) is 10.5 Å². The molecule has 0 aromatic heterocycles. The van der Waals surface area contributed by atoms with Crippen LogP contribution in [-0.4, -0.2) is 30.2 Å². The van der Waals surface area contributed by atoms with Crippen molar-refractivity contribution < 1.29 is 4.74 Å². The summed E-state index contributed by atoms with van der Waals surface area (Å²) < 4.78 is 6.13. The minimum atomic E-state index is 0.201. The van der Waals surface area contributed by atoms with Crippen LogP contribution >= 0.6 is 0 Å². The van der Waals surface area contributed by atoms with Gasteiger partial charge in [-0.15, -0.1) is 0 Å². The number of nitrogen functional groups attached to an aromatic ring is 1. The van der Waals surface area contributed by atoms with Gasteiger partial charge in [-0.1, -0.05) is 25.0 Å². The first-order valence-electron chi connectivity index (χ1n) is 7.86. The summed E-state index contributed by atoms with van der Waals surface area (Å²) in [6.45, 7) is 1.90. The van der Waals surface area contributed by atoms with Gasteiger partial charge in [-0.05, 0) is 50.4 Å². The van der Waals surface area contributed by atoms with Gasteiger partial charge in [0.2, 0.25) is 0 Å². The highest BCUT2D eigenvalue weighted by atomic mass is 16.5. The van der Waals surface area contributed by atoms with Gasteiger partial charge >= 0.3 is 0 Å². The monoisotopic (exact) mass is 274 g/mol. The highest BCUT2D eigenvalue weighted by Crippen LogP contribution is 2.41. The van der Waals surface area contributed by atoms with Crippen molar-refractivity contribution in [1.82, 2.24) is 4.90 Å². The van der Waals surface area contributed by atoms with Crippen molar-refractivity contribution in [3.63, 3.8) is 0 Å². The average Bonchev–Trinajstić information content (AvgIpc) is 2.87. The molecule has 1 aliphatic heterocycles. The maximum absolute atomic E-state index is 6.13. The number of hydrogen-bond acceptors (Lipinski definition) is 3. The lowest BCUT2D eigenvalue weighted by Crippen LogP contribution is -2.46. The molecule has 1 saturated carbocycles. The van der Waals surface area contributed by atoms with Crippen LogP contribution in [0.5, 0.6) is 0 Å². The first-order valence-corrected chi connectivity index (χ1v) is 7.86. The highest BCUT2D eigenvalue weighted by Gasteiger charge is 2.40. The number of ether oxygens (including phenoxy) is 1. The predicted molar refractivity (Wildman–Crippen MR) is 82.5 cm³/mol. The molecule has 20 heavy (non-hydrogen) atoms. The molecule has 2 aliphatic rings. The number of rotatable bonds is 3. The summed E-state index contributed by atoms with van der Waals surface area (Å²) in [6.07, 6.45) is 7.55. The van der Waals surface area contributed by atoms with Crippen molar-refractivity contribution in [2.45, 2.75) is 56.7 Å². The van der Waals surface area contributed by atoms with Crippen molar-refractivity contribution >= 4 is 5.69 Å². The molecule has 1 saturated heterocycles. The zero-order valence-electron chi connectivity index (χ0n) is 12.5. The molecule has 0 bridgehead atoms.